The van der Waals surface area contributed by atoms with Gasteiger partial charge in [-0.05, 0) is 12.1 Å². The summed E-state index contributed by atoms with van der Waals surface area (Å²) in [5.41, 5.74) is 0.582. The highest BCUT2D eigenvalue weighted by Crippen LogP contribution is 2.24. The lowest BCUT2D eigenvalue weighted by molar-refractivity contribution is -0.145. The lowest BCUT2D eigenvalue weighted by atomic mass is 10.1. The monoisotopic (exact) mass is 294 g/mol. The predicted molar refractivity (Wildman–Crippen MR) is 70.5 cm³/mol. The molecule has 8 heteroatoms. The molecule has 104 valence electrons. The van der Waals surface area contributed by atoms with Gasteiger partial charge in [-0.2, -0.15) is 4.98 Å². The molecule has 0 spiro atoms. The van der Waals surface area contributed by atoms with E-state index in [1.807, 2.05) is 0 Å². The van der Waals surface area contributed by atoms with Gasteiger partial charge in [-0.15, -0.1) is 5.10 Å². The van der Waals surface area contributed by atoms with Crippen LogP contribution in [0.3, 0.4) is 0 Å². The Hall–Kier alpha value is -2.15. The van der Waals surface area contributed by atoms with Gasteiger partial charge in [0.05, 0.1) is 18.1 Å². The minimum Gasteiger partial charge on any atom is -0.469 e. The quantitative estimate of drug-likeness (QED) is 0.769. The van der Waals surface area contributed by atoms with E-state index in [1.165, 1.54) is 16.5 Å². The van der Waals surface area contributed by atoms with E-state index in [0.29, 0.717) is 10.7 Å². The Labute approximate surface area is 119 Å². The van der Waals surface area contributed by atoms with Crippen LogP contribution in [-0.4, -0.2) is 40.1 Å². The molecule has 3 heterocycles. The summed E-state index contributed by atoms with van der Waals surface area (Å²) >= 11 is 5.87. The van der Waals surface area contributed by atoms with Gasteiger partial charge in [0.1, 0.15) is 0 Å². The standard InChI is InChI=1S/C12H11ClN4O3/c1-20-11(19)7-4-10(18)16(5-7)12-14-9-3-2-8(13)6-17(9)15-12/h2-3,6-7H,4-5H2,1H3. The number of ether oxygens (including phenoxy) is 1. The van der Waals surface area contributed by atoms with Gasteiger partial charge in [-0.25, -0.2) is 4.52 Å². The molecule has 0 bridgehead atoms. The zero-order valence-electron chi connectivity index (χ0n) is 10.6. The van der Waals surface area contributed by atoms with E-state index in [-0.39, 0.29) is 24.8 Å². The van der Waals surface area contributed by atoms with Gasteiger partial charge in [0.2, 0.25) is 5.91 Å². The number of amides is 1. The van der Waals surface area contributed by atoms with Gasteiger partial charge in [0.15, 0.2) is 5.65 Å². The molecule has 1 aliphatic heterocycles. The summed E-state index contributed by atoms with van der Waals surface area (Å²) in [5.74, 6) is -0.790. The molecule has 0 aliphatic carbocycles. The Kier molecular flexibility index (Phi) is 3.06. The number of anilines is 1. The van der Waals surface area contributed by atoms with E-state index < -0.39 is 11.9 Å². The highest BCUT2D eigenvalue weighted by molar-refractivity contribution is 6.30. The third kappa shape index (κ3) is 2.09. The normalized spacial score (nSPS) is 18.8. The molecule has 7 nitrogen and oxygen atoms in total. The van der Waals surface area contributed by atoms with Crippen LogP contribution in [0.1, 0.15) is 6.42 Å². The van der Waals surface area contributed by atoms with Crippen molar-refractivity contribution in [1.82, 2.24) is 14.6 Å². The molecule has 20 heavy (non-hydrogen) atoms. The second kappa shape index (κ2) is 4.75. The van der Waals surface area contributed by atoms with Gasteiger partial charge >= 0.3 is 5.97 Å². The van der Waals surface area contributed by atoms with E-state index in [1.54, 1.807) is 18.3 Å². The Bertz CT molecular complexity index is 699. The minimum atomic E-state index is -0.470. The van der Waals surface area contributed by atoms with Crippen LogP contribution in [-0.2, 0) is 14.3 Å². The molecule has 2 aromatic heterocycles. The Morgan fingerprint density at radius 2 is 2.30 bits per heavy atom. The number of nitrogens with zero attached hydrogens (tertiary/aromatic N) is 4. The second-order valence-corrected chi connectivity index (χ2v) is 4.93. The highest BCUT2D eigenvalue weighted by atomic mass is 35.5. The van der Waals surface area contributed by atoms with Crippen LogP contribution in [0, 0.1) is 5.92 Å². The van der Waals surface area contributed by atoms with E-state index >= 15 is 0 Å². The minimum absolute atomic E-state index is 0.114. The molecule has 1 atom stereocenters. The number of hydrogen-bond acceptors (Lipinski definition) is 5. The van der Waals surface area contributed by atoms with Crippen LogP contribution >= 0.6 is 11.6 Å². The largest absolute Gasteiger partial charge is 0.469 e. The van der Waals surface area contributed by atoms with Crippen molar-refractivity contribution in [2.24, 2.45) is 5.92 Å². The van der Waals surface area contributed by atoms with Crippen LogP contribution in [0.4, 0.5) is 5.95 Å². The molecular weight excluding hydrogens is 284 g/mol. The molecule has 1 fully saturated rings. The fourth-order valence-corrected chi connectivity index (χ4v) is 2.34. The van der Waals surface area contributed by atoms with E-state index in [0.717, 1.165) is 0 Å². The number of carbonyl (C=O) groups is 2. The number of fused-ring (bicyclic) bond motifs is 1. The summed E-state index contributed by atoms with van der Waals surface area (Å²) in [5, 5.41) is 4.72. The van der Waals surface area contributed by atoms with Gasteiger partial charge in [0.25, 0.3) is 5.95 Å². The van der Waals surface area contributed by atoms with E-state index in [2.05, 4.69) is 14.8 Å². The highest BCUT2D eigenvalue weighted by Gasteiger charge is 2.37. The van der Waals surface area contributed by atoms with Crippen molar-refractivity contribution in [2.75, 3.05) is 18.6 Å². The number of pyridine rings is 1. The number of esters is 1. The molecule has 0 saturated carbocycles. The summed E-state index contributed by atoms with van der Waals surface area (Å²) in [4.78, 5) is 29.1. The smallest absolute Gasteiger partial charge is 0.311 e. The number of rotatable bonds is 2. The molecule has 0 radical (unpaired) electrons. The van der Waals surface area contributed by atoms with Gasteiger partial charge in [-0.1, -0.05) is 11.6 Å². The fraction of sp³-hybridized carbons (Fsp3) is 0.333. The lowest BCUT2D eigenvalue weighted by Crippen LogP contribution is -2.27. The van der Waals surface area contributed by atoms with Crippen LogP contribution in [0.25, 0.3) is 5.65 Å². The number of carbonyl (C=O) groups excluding carboxylic acids is 2. The number of hydrogen-bond donors (Lipinski definition) is 0. The number of methoxy groups -OCH3 is 1. The predicted octanol–water partition coefficient (Wildman–Crippen LogP) is 0.909. The first kappa shape index (κ1) is 12.9. The first-order valence-electron chi connectivity index (χ1n) is 5.98. The summed E-state index contributed by atoms with van der Waals surface area (Å²) < 4.78 is 6.16. The summed E-state index contributed by atoms with van der Waals surface area (Å²) in [7, 11) is 1.31. The zero-order valence-corrected chi connectivity index (χ0v) is 11.4. The molecule has 0 N–H and O–H groups in total. The summed E-state index contributed by atoms with van der Waals surface area (Å²) in [6.07, 6.45) is 1.72. The molecule has 0 aromatic carbocycles. The van der Waals surface area contributed by atoms with Gasteiger partial charge in [-0.3, -0.25) is 14.5 Å². The second-order valence-electron chi connectivity index (χ2n) is 4.49. The van der Waals surface area contributed by atoms with Crippen molar-refractivity contribution < 1.29 is 14.3 Å². The average molecular weight is 295 g/mol. The molecule has 1 saturated heterocycles. The number of aromatic nitrogens is 3. The molecular formula is C12H11ClN4O3. The lowest BCUT2D eigenvalue weighted by Gasteiger charge is -2.10. The first-order chi connectivity index (χ1) is 9.58. The Morgan fingerprint density at radius 1 is 1.50 bits per heavy atom. The average Bonchev–Trinajstić information content (AvgIpc) is 3.00. The van der Waals surface area contributed by atoms with Crippen LogP contribution in [0.5, 0.6) is 0 Å². The molecule has 1 aliphatic rings. The Balaban J connectivity index is 1.91. The first-order valence-corrected chi connectivity index (χ1v) is 6.36. The molecule has 1 amide bonds. The Morgan fingerprint density at radius 3 is 3.05 bits per heavy atom. The van der Waals surface area contributed by atoms with E-state index in [9.17, 15) is 9.59 Å². The van der Waals surface area contributed by atoms with E-state index in [4.69, 9.17) is 11.6 Å². The third-order valence-corrected chi connectivity index (χ3v) is 3.41. The van der Waals surface area contributed by atoms with Crippen molar-refractivity contribution in [3.05, 3.63) is 23.4 Å². The van der Waals surface area contributed by atoms with Crippen LogP contribution < -0.4 is 4.90 Å². The van der Waals surface area contributed by atoms with Crippen LogP contribution in [0.2, 0.25) is 5.02 Å². The van der Waals surface area contributed by atoms with Gasteiger partial charge < -0.3 is 4.74 Å². The van der Waals surface area contributed by atoms with Crippen molar-refractivity contribution in [3.63, 3.8) is 0 Å². The van der Waals surface area contributed by atoms with Crippen molar-refractivity contribution >= 4 is 35.1 Å². The maximum Gasteiger partial charge on any atom is 0.311 e. The fourth-order valence-electron chi connectivity index (χ4n) is 2.19. The molecule has 1 unspecified atom stereocenters. The molecule has 3 rings (SSSR count). The summed E-state index contributed by atoms with van der Waals surface area (Å²) in [6, 6.07) is 3.40. The maximum atomic E-state index is 12.0. The zero-order chi connectivity index (χ0) is 14.3. The van der Waals surface area contributed by atoms with Gasteiger partial charge in [0, 0.05) is 19.2 Å². The van der Waals surface area contributed by atoms with Crippen LogP contribution in [0.15, 0.2) is 18.3 Å². The maximum absolute atomic E-state index is 12.0. The topological polar surface area (TPSA) is 76.8 Å². The third-order valence-electron chi connectivity index (χ3n) is 3.18. The van der Waals surface area contributed by atoms with Crippen molar-refractivity contribution in [1.29, 1.82) is 0 Å². The summed E-state index contributed by atoms with van der Waals surface area (Å²) in [6.45, 7) is 0.232. The number of halogens is 1. The molecule has 2 aromatic rings. The van der Waals surface area contributed by atoms with Crippen molar-refractivity contribution in [2.45, 2.75) is 6.42 Å². The van der Waals surface area contributed by atoms with Crippen molar-refractivity contribution in [3.8, 4) is 0 Å². The SMILES string of the molecule is COC(=O)C1CC(=O)N(c2nc3ccc(Cl)cn3n2)C1.